The Balaban J connectivity index is 0.00000182. The van der Waals surface area contributed by atoms with Gasteiger partial charge in [0.25, 0.3) is 0 Å². The van der Waals surface area contributed by atoms with Gasteiger partial charge in [-0.3, -0.25) is 9.59 Å². The predicted octanol–water partition coefficient (Wildman–Crippen LogP) is 3.07. The second kappa shape index (κ2) is 10.2. The van der Waals surface area contributed by atoms with E-state index >= 15 is 0 Å². The lowest BCUT2D eigenvalue weighted by atomic mass is 9.81. The van der Waals surface area contributed by atoms with Crippen LogP contribution in [0.2, 0.25) is 0 Å². The number of hydrogen-bond acceptors (Lipinski definition) is 4. The molecule has 1 saturated heterocycles. The van der Waals surface area contributed by atoms with Crippen LogP contribution in [0.4, 0.5) is 5.82 Å². The van der Waals surface area contributed by atoms with Gasteiger partial charge in [0.05, 0.1) is 11.5 Å². The Morgan fingerprint density at radius 1 is 1.19 bits per heavy atom. The summed E-state index contributed by atoms with van der Waals surface area (Å²) in [5.74, 6) is 0.316. The number of nitrogens with one attached hydrogen (secondary N) is 1. The number of nitrogens with zero attached hydrogens (tertiary/aromatic N) is 2. The van der Waals surface area contributed by atoms with Gasteiger partial charge in [-0.2, -0.15) is 0 Å². The summed E-state index contributed by atoms with van der Waals surface area (Å²) in [6.07, 6.45) is 8.05. The Morgan fingerprint density at radius 3 is 2.52 bits per heavy atom. The van der Waals surface area contributed by atoms with Crippen molar-refractivity contribution >= 4 is 42.4 Å². The second-order valence-corrected chi connectivity index (χ2v) is 7.52. The molecule has 2 aliphatic rings. The molecule has 0 spiro atoms. The van der Waals surface area contributed by atoms with Crippen LogP contribution in [0.3, 0.4) is 0 Å². The summed E-state index contributed by atoms with van der Waals surface area (Å²) in [5, 5.41) is 2.87. The number of amides is 2. The van der Waals surface area contributed by atoms with Gasteiger partial charge < -0.3 is 16.0 Å². The molecular weight excluding hydrogens is 387 g/mol. The van der Waals surface area contributed by atoms with Crippen molar-refractivity contribution in [3.8, 4) is 0 Å². The zero-order valence-electron chi connectivity index (χ0n) is 15.8. The van der Waals surface area contributed by atoms with Crippen molar-refractivity contribution in [2.75, 3.05) is 18.4 Å². The Bertz CT molecular complexity index is 633. The summed E-state index contributed by atoms with van der Waals surface area (Å²) in [4.78, 5) is 31.5. The van der Waals surface area contributed by atoms with Crippen LogP contribution in [0.25, 0.3) is 0 Å². The number of halogens is 2. The van der Waals surface area contributed by atoms with E-state index in [1.807, 2.05) is 17.9 Å². The number of piperidine rings is 1. The highest BCUT2D eigenvalue weighted by Gasteiger charge is 2.40. The SMILES string of the molecule is Cc1ccc(NC(=O)C2CCCN(C(=O)C3(N)CCCCC3)C2)nc1.Cl.Cl. The van der Waals surface area contributed by atoms with Gasteiger partial charge in [0, 0.05) is 19.3 Å². The van der Waals surface area contributed by atoms with Crippen molar-refractivity contribution in [2.45, 2.75) is 57.4 Å². The first-order valence-electron chi connectivity index (χ1n) is 9.30. The number of hydrogen-bond donors (Lipinski definition) is 2. The van der Waals surface area contributed by atoms with Crippen molar-refractivity contribution in [1.29, 1.82) is 0 Å². The van der Waals surface area contributed by atoms with Crippen LogP contribution in [-0.2, 0) is 9.59 Å². The van der Waals surface area contributed by atoms with Gasteiger partial charge in [-0.15, -0.1) is 24.8 Å². The molecule has 1 aromatic rings. The van der Waals surface area contributed by atoms with Gasteiger partial charge in [0.15, 0.2) is 0 Å². The zero-order chi connectivity index (χ0) is 17.9. The molecule has 27 heavy (non-hydrogen) atoms. The smallest absolute Gasteiger partial charge is 0.242 e. The molecule has 3 rings (SSSR count). The van der Waals surface area contributed by atoms with Crippen molar-refractivity contribution in [1.82, 2.24) is 9.88 Å². The van der Waals surface area contributed by atoms with E-state index in [1.165, 1.54) is 0 Å². The van der Waals surface area contributed by atoms with Crippen LogP contribution in [0.5, 0.6) is 0 Å². The van der Waals surface area contributed by atoms with Crippen LogP contribution < -0.4 is 11.1 Å². The van der Waals surface area contributed by atoms with E-state index in [0.717, 1.165) is 50.5 Å². The summed E-state index contributed by atoms with van der Waals surface area (Å²) in [6.45, 7) is 3.11. The monoisotopic (exact) mass is 416 g/mol. The molecule has 6 nitrogen and oxygen atoms in total. The maximum absolute atomic E-state index is 12.9. The molecule has 0 bridgehead atoms. The fourth-order valence-electron chi connectivity index (χ4n) is 3.86. The highest BCUT2D eigenvalue weighted by atomic mass is 35.5. The average molecular weight is 417 g/mol. The molecule has 1 atom stereocenters. The third-order valence-corrected chi connectivity index (χ3v) is 5.41. The summed E-state index contributed by atoms with van der Waals surface area (Å²) in [6, 6.07) is 3.72. The molecule has 3 N–H and O–H groups in total. The maximum Gasteiger partial charge on any atom is 0.242 e. The van der Waals surface area contributed by atoms with E-state index in [2.05, 4.69) is 10.3 Å². The summed E-state index contributed by atoms with van der Waals surface area (Å²) >= 11 is 0. The van der Waals surface area contributed by atoms with Gasteiger partial charge in [0.2, 0.25) is 11.8 Å². The molecule has 0 radical (unpaired) electrons. The minimum absolute atomic E-state index is 0. The number of carbonyl (C=O) groups is 2. The Hall–Kier alpha value is -1.37. The minimum atomic E-state index is -0.727. The Labute approximate surface area is 173 Å². The van der Waals surface area contributed by atoms with Crippen LogP contribution in [0, 0.1) is 12.8 Å². The third kappa shape index (κ3) is 5.80. The van der Waals surface area contributed by atoms with Gasteiger partial charge in [-0.25, -0.2) is 4.98 Å². The highest BCUT2D eigenvalue weighted by Crippen LogP contribution is 2.29. The fraction of sp³-hybridized carbons (Fsp3) is 0.632. The zero-order valence-corrected chi connectivity index (χ0v) is 17.4. The quantitative estimate of drug-likeness (QED) is 0.791. The number of carbonyl (C=O) groups excluding carboxylic acids is 2. The first-order valence-corrected chi connectivity index (χ1v) is 9.30. The number of aromatic nitrogens is 1. The number of anilines is 1. The van der Waals surface area contributed by atoms with E-state index in [1.54, 1.807) is 12.3 Å². The molecular formula is C19H30Cl2N4O2. The standard InChI is InChI=1S/C19H28N4O2.2ClH/c1-14-7-8-16(21-12-14)22-17(24)15-6-5-11-23(13-15)18(25)19(20)9-3-2-4-10-19;;/h7-8,12,15H,2-6,9-11,13,20H2,1H3,(H,21,22,24);2*1H. The number of pyridine rings is 1. The normalized spacial score (nSPS) is 21.4. The first-order chi connectivity index (χ1) is 12.0. The van der Waals surface area contributed by atoms with Crippen LogP contribution in [0.1, 0.15) is 50.5 Å². The molecule has 1 aliphatic heterocycles. The van der Waals surface area contributed by atoms with Gasteiger partial charge in [-0.1, -0.05) is 25.3 Å². The summed E-state index contributed by atoms with van der Waals surface area (Å²) < 4.78 is 0. The molecule has 2 fully saturated rings. The van der Waals surface area contributed by atoms with E-state index in [0.29, 0.717) is 18.9 Å². The van der Waals surface area contributed by atoms with Crippen molar-refractivity contribution in [3.63, 3.8) is 0 Å². The largest absolute Gasteiger partial charge is 0.340 e. The lowest BCUT2D eigenvalue weighted by Crippen LogP contribution is -2.58. The van der Waals surface area contributed by atoms with Crippen LogP contribution in [-0.4, -0.2) is 40.3 Å². The molecule has 0 aromatic carbocycles. The van der Waals surface area contributed by atoms with E-state index in [-0.39, 0.29) is 42.5 Å². The Kier molecular flexibility index (Phi) is 8.99. The minimum Gasteiger partial charge on any atom is -0.340 e. The van der Waals surface area contributed by atoms with Crippen molar-refractivity contribution in [2.24, 2.45) is 11.7 Å². The molecule has 152 valence electrons. The number of likely N-dealkylation sites (tertiary alicyclic amines) is 1. The molecule has 8 heteroatoms. The summed E-state index contributed by atoms with van der Waals surface area (Å²) in [7, 11) is 0. The lowest BCUT2D eigenvalue weighted by molar-refractivity contribution is -0.141. The van der Waals surface area contributed by atoms with Gasteiger partial charge in [0.1, 0.15) is 5.82 Å². The molecule has 1 unspecified atom stereocenters. The second-order valence-electron chi connectivity index (χ2n) is 7.52. The highest BCUT2D eigenvalue weighted by molar-refractivity contribution is 5.93. The van der Waals surface area contributed by atoms with E-state index in [4.69, 9.17) is 5.73 Å². The molecule has 1 saturated carbocycles. The molecule has 2 heterocycles. The molecule has 2 amide bonds. The number of rotatable bonds is 3. The van der Waals surface area contributed by atoms with Crippen molar-refractivity contribution in [3.05, 3.63) is 23.9 Å². The third-order valence-electron chi connectivity index (χ3n) is 5.41. The topological polar surface area (TPSA) is 88.3 Å². The van der Waals surface area contributed by atoms with E-state index < -0.39 is 5.54 Å². The van der Waals surface area contributed by atoms with Crippen LogP contribution in [0.15, 0.2) is 18.3 Å². The fourth-order valence-corrected chi connectivity index (χ4v) is 3.86. The average Bonchev–Trinajstić information content (AvgIpc) is 2.63. The Morgan fingerprint density at radius 2 is 1.89 bits per heavy atom. The number of nitrogens with two attached hydrogens (primary N) is 1. The molecule has 1 aliphatic carbocycles. The van der Waals surface area contributed by atoms with Crippen LogP contribution >= 0.6 is 24.8 Å². The summed E-state index contributed by atoms with van der Waals surface area (Å²) in [5.41, 5.74) is 6.71. The predicted molar refractivity (Wildman–Crippen MR) is 111 cm³/mol. The first kappa shape index (κ1) is 23.7. The van der Waals surface area contributed by atoms with Crippen molar-refractivity contribution < 1.29 is 9.59 Å². The number of aryl methyl sites for hydroxylation is 1. The molecule has 1 aromatic heterocycles. The van der Waals surface area contributed by atoms with Gasteiger partial charge in [-0.05, 0) is 44.2 Å². The lowest BCUT2D eigenvalue weighted by Gasteiger charge is -2.40. The maximum atomic E-state index is 12.9. The van der Waals surface area contributed by atoms with Gasteiger partial charge >= 0.3 is 0 Å². The van der Waals surface area contributed by atoms with E-state index in [9.17, 15) is 9.59 Å².